The predicted molar refractivity (Wildman–Crippen MR) is 116 cm³/mol. The van der Waals surface area contributed by atoms with Crippen LogP contribution in [0.5, 0.6) is 11.5 Å². The van der Waals surface area contributed by atoms with E-state index in [2.05, 4.69) is 15.2 Å². The molecule has 0 bridgehead atoms. The predicted octanol–water partition coefficient (Wildman–Crippen LogP) is 4.56. The first-order chi connectivity index (χ1) is 14.6. The van der Waals surface area contributed by atoms with Crippen molar-refractivity contribution in [1.82, 2.24) is 15.2 Å². The number of hydrogen-bond donors (Lipinski definition) is 2. The molecule has 0 radical (unpaired) electrons. The third-order valence-electron chi connectivity index (χ3n) is 4.13. The van der Waals surface area contributed by atoms with Gasteiger partial charge in [0.25, 0.3) is 0 Å². The van der Waals surface area contributed by atoms with Crippen LogP contribution < -0.4 is 9.47 Å². The van der Waals surface area contributed by atoms with Crippen molar-refractivity contribution in [3.8, 4) is 11.5 Å². The third-order valence-corrected chi connectivity index (χ3v) is 5.01. The Bertz CT molecular complexity index is 1020. The molecule has 0 amide bonds. The molecule has 0 aliphatic carbocycles. The lowest BCUT2D eigenvalue weighted by Gasteiger charge is -2.11. The Kier molecular flexibility index (Phi) is 7.51. The maximum Gasteiger partial charge on any atom is 0.342 e. The molecule has 7 nitrogen and oxygen atoms in total. The Morgan fingerprint density at radius 3 is 2.70 bits per heavy atom. The number of nitrogens with zero attached hydrogens (tertiary/aromatic N) is 2. The van der Waals surface area contributed by atoms with Gasteiger partial charge in [-0.2, -0.15) is 0 Å². The minimum Gasteiger partial charge on any atom is -0.493 e. The lowest BCUT2D eigenvalue weighted by molar-refractivity contribution is -0.131. The molecule has 0 aliphatic heterocycles. The molecule has 3 rings (SSSR count). The molecule has 2 N–H and O–H groups in total. The number of H-pyrrole nitrogens is 1. The van der Waals surface area contributed by atoms with Gasteiger partial charge in [0, 0.05) is 6.42 Å². The summed E-state index contributed by atoms with van der Waals surface area (Å²) in [6.45, 7) is 2.45. The first-order valence-corrected chi connectivity index (χ1v) is 10.3. The zero-order chi connectivity index (χ0) is 21.3. The zero-order valence-corrected chi connectivity index (χ0v) is 17.6. The number of rotatable bonds is 10. The van der Waals surface area contributed by atoms with Crippen LogP contribution in [0.2, 0.25) is 0 Å². The number of aromatic amines is 1. The third kappa shape index (κ3) is 5.87. The lowest BCUT2D eigenvalue weighted by atomic mass is 10.2. The number of nitrogens with one attached hydrogen (secondary N) is 1. The van der Waals surface area contributed by atoms with Gasteiger partial charge in [0.05, 0.1) is 7.11 Å². The van der Waals surface area contributed by atoms with Crippen molar-refractivity contribution in [2.24, 2.45) is 0 Å². The van der Waals surface area contributed by atoms with Crippen LogP contribution in [-0.4, -0.2) is 33.4 Å². The molecule has 1 heterocycles. The second-order valence-electron chi connectivity index (χ2n) is 6.42. The maximum absolute atomic E-state index is 11.7. The lowest BCUT2D eigenvalue weighted by Crippen LogP contribution is -1.99. The number of carboxylic acids is 1. The minimum absolute atomic E-state index is 0.108. The molecule has 2 aromatic carbocycles. The van der Waals surface area contributed by atoms with Gasteiger partial charge in [0.15, 0.2) is 11.5 Å². The van der Waals surface area contributed by atoms with Crippen LogP contribution >= 0.6 is 11.8 Å². The molecule has 0 atom stereocenters. The van der Waals surface area contributed by atoms with Crippen LogP contribution in [-0.2, 0) is 17.8 Å². The van der Waals surface area contributed by atoms with Crippen LogP contribution in [0, 0.1) is 0 Å². The first kappa shape index (κ1) is 21.4. The van der Waals surface area contributed by atoms with Crippen molar-refractivity contribution in [2.75, 3.05) is 7.11 Å². The van der Waals surface area contributed by atoms with E-state index in [1.807, 2.05) is 37.3 Å². The van der Waals surface area contributed by atoms with Crippen molar-refractivity contribution >= 4 is 23.8 Å². The highest BCUT2D eigenvalue weighted by molar-refractivity contribution is 8.04. The quantitative estimate of drug-likeness (QED) is 0.363. The fourth-order valence-electron chi connectivity index (χ4n) is 2.69. The summed E-state index contributed by atoms with van der Waals surface area (Å²) in [4.78, 5) is 16.1. The molecule has 0 fully saturated rings. The van der Waals surface area contributed by atoms with E-state index in [1.165, 1.54) is 0 Å². The smallest absolute Gasteiger partial charge is 0.342 e. The van der Waals surface area contributed by atoms with Gasteiger partial charge >= 0.3 is 5.97 Å². The average Bonchev–Trinajstić information content (AvgIpc) is 3.20. The average molecular weight is 426 g/mol. The van der Waals surface area contributed by atoms with Crippen molar-refractivity contribution in [2.45, 2.75) is 31.5 Å². The Morgan fingerprint density at radius 2 is 2.00 bits per heavy atom. The summed E-state index contributed by atoms with van der Waals surface area (Å²) in [6.07, 6.45) is 3.26. The van der Waals surface area contributed by atoms with Crippen molar-refractivity contribution in [3.63, 3.8) is 0 Å². The monoisotopic (exact) mass is 425 g/mol. The second kappa shape index (κ2) is 10.5. The van der Waals surface area contributed by atoms with E-state index < -0.39 is 5.97 Å². The molecule has 0 saturated heterocycles. The molecular formula is C22H23N3O4S. The number of aromatic nitrogens is 3. The Hall–Kier alpha value is -3.26. The zero-order valence-electron chi connectivity index (χ0n) is 16.8. The van der Waals surface area contributed by atoms with Gasteiger partial charge < -0.3 is 14.6 Å². The van der Waals surface area contributed by atoms with Crippen molar-refractivity contribution < 1.29 is 19.4 Å². The number of carbonyl (C=O) groups is 1. The maximum atomic E-state index is 11.7. The van der Waals surface area contributed by atoms with E-state index in [4.69, 9.17) is 9.47 Å². The first-order valence-electron chi connectivity index (χ1n) is 9.48. The summed E-state index contributed by atoms with van der Waals surface area (Å²) in [5, 5.41) is 16.9. The molecule has 0 spiro atoms. The van der Waals surface area contributed by atoms with Crippen molar-refractivity contribution in [1.29, 1.82) is 0 Å². The second-order valence-corrected chi connectivity index (χ2v) is 7.42. The van der Waals surface area contributed by atoms with Crippen LogP contribution in [0.4, 0.5) is 0 Å². The van der Waals surface area contributed by atoms with Crippen LogP contribution in [0.15, 0.2) is 58.6 Å². The topological polar surface area (TPSA) is 97.3 Å². The molecule has 30 heavy (non-hydrogen) atoms. The van der Waals surface area contributed by atoms with Gasteiger partial charge in [-0.05, 0) is 47.5 Å². The van der Waals surface area contributed by atoms with E-state index in [0.29, 0.717) is 28.8 Å². The van der Waals surface area contributed by atoms with E-state index in [0.717, 1.165) is 36.0 Å². The van der Waals surface area contributed by atoms with Gasteiger partial charge in [0.2, 0.25) is 5.16 Å². The summed E-state index contributed by atoms with van der Waals surface area (Å²) in [7, 11) is 1.55. The standard InChI is InChI=1S/C22H23N3O4S/c1-3-7-20-23-22(25-24-20)30-19(21(26)27)13-16-10-11-17(18(12-16)28-2)29-14-15-8-5-4-6-9-15/h4-6,8-13H,3,7,14H2,1-2H3,(H,26,27)(H,23,24,25)/b19-13-. The Balaban J connectivity index is 1.76. The van der Waals surface area contributed by atoms with Crippen molar-refractivity contribution in [3.05, 3.63) is 70.4 Å². The number of carboxylic acid groups (broad SMARTS) is 1. The summed E-state index contributed by atoms with van der Waals surface area (Å²) in [5.74, 6) is 0.801. The molecule has 8 heteroatoms. The van der Waals surface area contributed by atoms with Gasteiger partial charge in [-0.1, -0.05) is 43.3 Å². The Labute approximate surface area is 179 Å². The number of hydrogen-bond acceptors (Lipinski definition) is 6. The van der Waals surface area contributed by atoms with E-state index >= 15 is 0 Å². The van der Waals surface area contributed by atoms with E-state index in [9.17, 15) is 9.90 Å². The fourth-order valence-corrected chi connectivity index (χ4v) is 3.41. The number of aryl methyl sites for hydroxylation is 1. The van der Waals surface area contributed by atoms with Gasteiger partial charge in [-0.3, -0.25) is 5.10 Å². The highest BCUT2D eigenvalue weighted by Crippen LogP contribution is 2.32. The van der Waals surface area contributed by atoms with Crippen LogP contribution in [0.3, 0.4) is 0 Å². The number of thioether (sulfide) groups is 1. The normalized spacial score (nSPS) is 11.3. The molecule has 0 aliphatic rings. The molecule has 156 valence electrons. The SMILES string of the molecule is CCCc1nc(S/C(=C\c2ccc(OCc3ccccc3)c(OC)c2)C(=O)O)n[nH]1. The van der Waals surface area contributed by atoms with Gasteiger partial charge in [-0.25, -0.2) is 9.78 Å². The molecule has 0 saturated carbocycles. The van der Waals surface area contributed by atoms with Crippen LogP contribution in [0.25, 0.3) is 6.08 Å². The number of ether oxygens (including phenoxy) is 2. The fraction of sp³-hybridized carbons (Fsp3) is 0.227. The highest BCUT2D eigenvalue weighted by atomic mass is 32.2. The number of aliphatic carboxylic acids is 1. The summed E-state index contributed by atoms with van der Waals surface area (Å²) < 4.78 is 11.3. The van der Waals surface area contributed by atoms with Gasteiger partial charge in [0.1, 0.15) is 17.3 Å². The Morgan fingerprint density at radius 1 is 1.20 bits per heavy atom. The largest absolute Gasteiger partial charge is 0.493 e. The summed E-state index contributed by atoms with van der Waals surface area (Å²) in [6, 6.07) is 15.1. The molecular weight excluding hydrogens is 402 g/mol. The summed E-state index contributed by atoms with van der Waals surface area (Å²) in [5.41, 5.74) is 1.72. The molecule has 1 aromatic heterocycles. The van der Waals surface area contributed by atoms with E-state index in [-0.39, 0.29) is 4.91 Å². The highest BCUT2D eigenvalue weighted by Gasteiger charge is 2.14. The van der Waals surface area contributed by atoms with Gasteiger partial charge in [-0.15, -0.1) is 5.10 Å². The number of benzene rings is 2. The molecule has 0 unspecified atom stereocenters. The number of methoxy groups -OCH3 is 1. The van der Waals surface area contributed by atoms with Crippen LogP contribution in [0.1, 0.15) is 30.3 Å². The molecule has 3 aromatic rings. The minimum atomic E-state index is -1.05. The summed E-state index contributed by atoms with van der Waals surface area (Å²) >= 11 is 1.000. The van der Waals surface area contributed by atoms with E-state index in [1.54, 1.807) is 31.4 Å².